The average molecular weight is 368 g/mol. The molecular formula is C20H24N4O3. The van der Waals surface area contributed by atoms with Crippen LogP contribution in [-0.4, -0.2) is 54.5 Å². The van der Waals surface area contributed by atoms with Crippen molar-refractivity contribution in [1.29, 1.82) is 0 Å². The highest BCUT2D eigenvalue weighted by atomic mass is 16.5. The second kappa shape index (κ2) is 8.64. The molecule has 1 aliphatic rings. The van der Waals surface area contributed by atoms with Gasteiger partial charge in [0.2, 0.25) is 11.8 Å². The third-order valence-corrected chi connectivity index (χ3v) is 4.71. The fourth-order valence-corrected chi connectivity index (χ4v) is 3.08. The molecule has 1 aliphatic heterocycles. The molecule has 0 radical (unpaired) electrons. The van der Waals surface area contributed by atoms with Crippen LogP contribution in [0, 0.1) is 0 Å². The van der Waals surface area contributed by atoms with E-state index in [1.165, 1.54) is 0 Å². The quantitative estimate of drug-likeness (QED) is 0.835. The van der Waals surface area contributed by atoms with Crippen molar-refractivity contribution in [1.82, 2.24) is 15.2 Å². The number of hydrogen-bond donors (Lipinski definition) is 1. The van der Waals surface area contributed by atoms with Crippen molar-refractivity contribution in [2.45, 2.75) is 19.5 Å². The molecule has 1 atom stereocenters. The van der Waals surface area contributed by atoms with Crippen LogP contribution in [-0.2, 0) is 16.1 Å². The first-order valence-electron chi connectivity index (χ1n) is 8.94. The Morgan fingerprint density at radius 3 is 2.67 bits per heavy atom. The maximum atomic E-state index is 12.8. The molecule has 7 heteroatoms. The molecule has 3 rings (SSSR count). The lowest BCUT2D eigenvalue weighted by Crippen LogP contribution is -2.57. The third-order valence-electron chi connectivity index (χ3n) is 4.71. The molecule has 7 nitrogen and oxygen atoms in total. The van der Waals surface area contributed by atoms with Crippen LogP contribution < -0.4 is 15.0 Å². The summed E-state index contributed by atoms with van der Waals surface area (Å²) in [5, 5.41) is 2.86. The highest BCUT2D eigenvalue weighted by Crippen LogP contribution is 2.23. The maximum Gasteiger partial charge on any atom is 0.244 e. The van der Waals surface area contributed by atoms with E-state index in [0.717, 1.165) is 17.1 Å². The van der Waals surface area contributed by atoms with E-state index in [9.17, 15) is 9.59 Å². The van der Waals surface area contributed by atoms with E-state index < -0.39 is 0 Å². The molecule has 0 saturated carbocycles. The number of pyridine rings is 1. The van der Waals surface area contributed by atoms with Gasteiger partial charge in [0.25, 0.3) is 0 Å². The zero-order chi connectivity index (χ0) is 19.2. The number of benzene rings is 1. The number of ether oxygens (including phenoxy) is 1. The van der Waals surface area contributed by atoms with Crippen molar-refractivity contribution in [3.05, 3.63) is 54.4 Å². The molecule has 142 valence electrons. The number of aromatic nitrogens is 1. The Bertz CT molecular complexity index is 780. The van der Waals surface area contributed by atoms with Gasteiger partial charge in [-0.15, -0.1) is 0 Å². The van der Waals surface area contributed by atoms with Crippen LogP contribution in [0.25, 0.3) is 0 Å². The van der Waals surface area contributed by atoms with E-state index in [0.29, 0.717) is 19.6 Å². The fraction of sp³-hybridized carbons (Fsp3) is 0.350. The lowest BCUT2D eigenvalue weighted by Gasteiger charge is -2.38. The molecule has 2 heterocycles. The SMILES string of the molecule is COc1ccc(N2CCN(CC(=O)NCc3ccccn3)C(C)C2=O)cc1. The fourth-order valence-electron chi connectivity index (χ4n) is 3.08. The van der Waals surface area contributed by atoms with Gasteiger partial charge in [-0.3, -0.25) is 19.5 Å². The summed E-state index contributed by atoms with van der Waals surface area (Å²) in [5.74, 6) is 0.629. The number of amides is 2. The summed E-state index contributed by atoms with van der Waals surface area (Å²) in [6.07, 6.45) is 1.70. The molecule has 0 bridgehead atoms. The van der Waals surface area contributed by atoms with Crippen LogP contribution >= 0.6 is 0 Å². The number of hydrogen-bond acceptors (Lipinski definition) is 5. The lowest BCUT2D eigenvalue weighted by atomic mass is 10.1. The summed E-state index contributed by atoms with van der Waals surface area (Å²) in [6.45, 7) is 3.59. The van der Waals surface area contributed by atoms with Crippen molar-refractivity contribution in [3.63, 3.8) is 0 Å². The molecule has 2 aromatic rings. The van der Waals surface area contributed by atoms with Crippen LogP contribution in [0.2, 0.25) is 0 Å². The Morgan fingerprint density at radius 2 is 2.00 bits per heavy atom. The Balaban J connectivity index is 1.55. The summed E-state index contributed by atoms with van der Waals surface area (Å²) >= 11 is 0. The summed E-state index contributed by atoms with van der Waals surface area (Å²) in [4.78, 5) is 32.8. The van der Waals surface area contributed by atoms with Gasteiger partial charge in [0.05, 0.1) is 31.9 Å². The number of methoxy groups -OCH3 is 1. The molecule has 1 unspecified atom stereocenters. The molecule has 1 fully saturated rings. The third kappa shape index (κ3) is 4.62. The molecule has 27 heavy (non-hydrogen) atoms. The number of carbonyl (C=O) groups excluding carboxylic acids is 2. The van der Waals surface area contributed by atoms with Gasteiger partial charge in [-0.2, -0.15) is 0 Å². The number of anilines is 1. The van der Waals surface area contributed by atoms with Gasteiger partial charge in [-0.25, -0.2) is 0 Å². The molecule has 0 spiro atoms. The lowest BCUT2D eigenvalue weighted by molar-refractivity contribution is -0.128. The second-order valence-corrected chi connectivity index (χ2v) is 6.43. The van der Waals surface area contributed by atoms with Crippen molar-refractivity contribution in [2.24, 2.45) is 0 Å². The molecule has 0 aliphatic carbocycles. The number of nitrogens with zero attached hydrogens (tertiary/aromatic N) is 3. The number of carbonyl (C=O) groups is 2. The first kappa shape index (κ1) is 18.8. The molecule has 2 amide bonds. The van der Waals surface area contributed by atoms with Gasteiger partial charge in [0.15, 0.2) is 0 Å². The summed E-state index contributed by atoms with van der Waals surface area (Å²) in [6, 6.07) is 12.6. The standard InChI is InChI=1S/C20H24N4O3/c1-15-20(26)24(17-6-8-18(27-2)9-7-17)12-11-23(15)14-19(25)22-13-16-5-3-4-10-21-16/h3-10,15H,11-14H2,1-2H3,(H,22,25). The predicted octanol–water partition coefficient (Wildman–Crippen LogP) is 1.44. The van der Waals surface area contributed by atoms with E-state index in [1.54, 1.807) is 18.2 Å². The molecule has 1 saturated heterocycles. The second-order valence-electron chi connectivity index (χ2n) is 6.43. The van der Waals surface area contributed by atoms with Crippen molar-refractivity contribution < 1.29 is 14.3 Å². The van der Waals surface area contributed by atoms with Crippen molar-refractivity contribution in [3.8, 4) is 5.75 Å². The van der Waals surface area contributed by atoms with Crippen LogP contribution in [0.15, 0.2) is 48.7 Å². The number of nitrogens with one attached hydrogen (secondary N) is 1. The van der Waals surface area contributed by atoms with E-state index in [4.69, 9.17) is 4.74 Å². The van der Waals surface area contributed by atoms with E-state index in [-0.39, 0.29) is 24.4 Å². The van der Waals surface area contributed by atoms with Gasteiger partial charge in [0, 0.05) is 25.0 Å². The largest absolute Gasteiger partial charge is 0.497 e. The zero-order valence-electron chi connectivity index (χ0n) is 15.6. The van der Waals surface area contributed by atoms with E-state index in [1.807, 2.05) is 54.3 Å². The molecular weight excluding hydrogens is 344 g/mol. The van der Waals surface area contributed by atoms with Crippen LogP contribution in [0.5, 0.6) is 5.75 Å². The summed E-state index contributed by atoms with van der Waals surface area (Å²) in [7, 11) is 1.61. The zero-order valence-corrected chi connectivity index (χ0v) is 15.6. The van der Waals surface area contributed by atoms with Gasteiger partial charge >= 0.3 is 0 Å². The van der Waals surface area contributed by atoms with Crippen LogP contribution in [0.1, 0.15) is 12.6 Å². The van der Waals surface area contributed by atoms with E-state index in [2.05, 4.69) is 10.3 Å². The average Bonchev–Trinajstić information content (AvgIpc) is 2.71. The summed E-state index contributed by atoms with van der Waals surface area (Å²) < 4.78 is 5.16. The summed E-state index contributed by atoms with van der Waals surface area (Å²) in [5.41, 5.74) is 1.64. The number of piperazine rings is 1. The first-order chi connectivity index (χ1) is 13.1. The maximum absolute atomic E-state index is 12.8. The smallest absolute Gasteiger partial charge is 0.244 e. The minimum absolute atomic E-state index is 0.0102. The molecule has 1 N–H and O–H groups in total. The van der Waals surface area contributed by atoms with Gasteiger partial charge in [0.1, 0.15) is 5.75 Å². The number of rotatable bonds is 6. The van der Waals surface area contributed by atoms with Gasteiger partial charge < -0.3 is 15.0 Å². The van der Waals surface area contributed by atoms with Gasteiger partial charge in [-0.05, 0) is 43.3 Å². The highest BCUT2D eigenvalue weighted by molar-refractivity contribution is 5.98. The van der Waals surface area contributed by atoms with Crippen LogP contribution in [0.4, 0.5) is 5.69 Å². The highest BCUT2D eigenvalue weighted by Gasteiger charge is 2.33. The normalized spacial score (nSPS) is 17.6. The Labute approximate surface area is 158 Å². The molecule has 1 aromatic carbocycles. The topological polar surface area (TPSA) is 74.8 Å². The van der Waals surface area contributed by atoms with Crippen molar-refractivity contribution >= 4 is 17.5 Å². The Kier molecular flexibility index (Phi) is 6.03. The predicted molar refractivity (Wildman–Crippen MR) is 102 cm³/mol. The minimum atomic E-state index is -0.360. The van der Waals surface area contributed by atoms with Gasteiger partial charge in [-0.1, -0.05) is 6.07 Å². The molecule has 1 aromatic heterocycles. The van der Waals surface area contributed by atoms with Crippen LogP contribution in [0.3, 0.4) is 0 Å². The first-order valence-corrected chi connectivity index (χ1v) is 8.94. The van der Waals surface area contributed by atoms with Crippen molar-refractivity contribution in [2.75, 3.05) is 31.6 Å². The monoisotopic (exact) mass is 368 g/mol. The Morgan fingerprint density at radius 1 is 1.22 bits per heavy atom. The van der Waals surface area contributed by atoms with E-state index >= 15 is 0 Å². The Hall–Kier alpha value is -2.93. The minimum Gasteiger partial charge on any atom is -0.497 e.